The molecule has 134 valence electrons. The molecule has 4 heterocycles. The summed E-state index contributed by atoms with van der Waals surface area (Å²) in [5.41, 5.74) is 1.46. The number of aryl methyl sites for hydroxylation is 1. The third-order valence-electron chi connectivity index (χ3n) is 4.28. The third kappa shape index (κ3) is 2.82. The SMILES string of the molecule is Cn1cnc(S(=O)(=O)N2CCc3c(nc(-c4ccncc4)[nH]c3=O)C2)c1. The van der Waals surface area contributed by atoms with Gasteiger partial charge >= 0.3 is 0 Å². The predicted molar refractivity (Wildman–Crippen MR) is 92.6 cm³/mol. The zero-order valence-corrected chi connectivity index (χ0v) is 14.8. The predicted octanol–water partition coefficient (Wildman–Crippen LogP) is 0.312. The molecule has 0 aromatic carbocycles. The summed E-state index contributed by atoms with van der Waals surface area (Å²) in [6, 6.07) is 3.46. The van der Waals surface area contributed by atoms with Crippen LogP contribution in [0.4, 0.5) is 0 Å². The van der Waals surface area contributed by atoms with Crippen LogP contribution in [0, 0.1) is 0 Å². The number of rotatable bonds is 3. The minimum absolute atomic E-state index is 0.0114. The molecule has 0 bridgehead atoms. The Labute approximate surface area is 149 Å². The summed E-state index contributed by atoms with van der Waals surface area (Å²) in [6.45, 7) is 0.252. The standard InChI is InChI=1S/C16H16N6O3S/c1-21-9-14(18-10-21)26(24,25)22-7-4-12-13(8-22)19-15(20-16(12)23)11-2-5-17-6-3-11/h2-3,5-6,9-10H,4,7-8H2,1H3,(H,19,20,23). The van der Waals surface area contributed by atoms with Gasteiger partial charge in [-0.3, -0.25) is 9.78 Å². The van der Waals surface area contributed by atoms with Gasteiger partial charge in [-0.15, -0.1) is 0 Å². The second-order valence-corrected chi connectivity index (χ2v) is 7.93. The van der Waals surface area contributed by atoms with E-state index >= 15 is 0 Å². The Balaban J connectivity index is 1.72. The summed E-state index contributed by atoms with van der Waals surface area (Å²) in [4.78, 5) is 27.5. The van der Waals surface area contributed by atoms with Gasteiger partial charge in [-0.2, -0.15) is 4.31 Å². The number of hydrogen-bond donors (Lipinski definition) is 1. The van der Waals surface area contributed by atoms with Crippen LogP contribution in [0.2, 0.25) is 0 Å². The second kappa shape index (κ2) is 6.15. The molecule has 9 nitrogen and oxygen atoms in total. The fraction of sp³-hybridized carbons (Fsp3) is 0.250. The molecule has 0 amide bonds. The number of H-pyrrole nitrogens is 1. The van der Waals surface area contributed by atoms with E-state index in [2.05, 4.69) is 19.9 Å². The van der Waals surface area contributed by atoms with Gasteiger partial charge in [0, 0.05) is 43.3 Å². The molecule has 1 aliphatic heterocycles. The first kappa shape index (κ1) is 16.6. The molecule has 0 fully saturated rings. The molecule has 0 atom stereocenters. The van der Waals surface area contributed by atoms with Crippen molar-refractivity contribution in [2.24, 2.45) is 7.05 Å². The van der Waals surface area contributed by atoms with Crippen molar-refractivity contribution in [2.75, 3.05) is 6.54 Å². The van der Waals surface area contributed by atoms with Crippen molar-refractivity contribution in [1.82, 2.24) is 28.8 Å². The van der Waals surface area contributed by atoms with Crippen molar-refractivity contribution in [3.63, 3.8) is 0 Å². The summed E-state index contributed by atoms with van der Waals surface area (Å²) < 4.78 is 28.4. The van der Waals surface area contributed by atoms with Crippen LogP contribution in [-0.4, -0.2) is 43.8 Å². The van der Waals surface area contributed by atoms with Crippen molar-refractivity contribution in [2.45, 2.75) is 18.0 Å². The number of aromatic nitrogens is 5. The Morgan fingerprint density at radius 3 is 2.69 bits per heavy atom. The highest BCUT2D eigenvalue weighted by Gasteiger charge is 2.32. The molecular weight excluding hydrogens is 356 g/mol. The van der Waals surface area contributed by atoms with Crippen LogP contribution >= 0.6 is 0 Å². The maximum atomic E-state index is 12.8. The molecule has 26 heavy (non-hydrogen) atoms. The average Bonchev–Trinajstić information content (AvgIpc) is 3.09. The molecule has 0 saturated carbocycles. The fourth-order valence-electron chi connectivity index (χ4n) is 2.92. The summed E-state index contributed by atoms with van der Waals surface area (Å²) >= 11 is 0. The van der Waals surface area contributed by atoms with Gasteiger partial charge in [0.15, 0.2) is 5.03 Å². The number of aromatic amines is 1. The molecule has 3 aromatic rings. The second-order valence-electron chi connectivity index (χ2n) is 6.04. The van der Waals surface area contributed by atoms with E-state index in [0.29, 0.717) is 29.1 Å². The Morgan fingerprint density at radius 2 is 2.00 bits per heavy atom. The molecule has 10 heteroatoms. The van der Waals surface area contributed by atoms with Crippen LogP contribution in [0.1, 0.15) is 11.3 Å². The largest absolute Gasteiger partial charge is 0.339 e. The van der Waals surface area contributed by atoms with E-state index in [9.17, 15) is 13.2 Å². The van der Waals surface area contributed by atoms with Gasteiger partial charge in [0.1, 0.15) is 5.82 Å². The van der Waals surface area contributed by atoms with E-state index in [1.54, 1.807) is 36.1 Å². The van der Waals surface area contributed by atoms with Crippen LogP contribution in [0.15, 0.2) is 46.9 Å². The van der Waals surface area contributed by atoms with Gasteiger partial charge in [0.2, 0.25) is 0 Å². The highest BCUT2D eigenvalue weighted by atomic mass is 32.2. The van der Waals surface area contributed by atoms with Gasteiger partial charge in [0.05, 0.1) is 18.6 Å². The third-order valence-corrected chi connectivity index (χ3v) is 6.01. The molecule has 0 radical (unpaired) electrons. The Kier molecular flexibility index (Phi) is 3.93. The highest BCUT2D eigenvalue weighted by Crippen LogP contribution is 2.23. The topological polar surface area (TPSA) is 114 Å². The maximum absolute atomic E-state index is 12.8. The molecule has 0 aliphatic carbocycles. The van der Waals surface area contributed by atoms with Gasteiger partial charge in [0.25, 0.3) is 15.6 Å². The van der Waals surface area contributed by atoms with Gasteiger partial charge < -0.3 is 9.55 Å². The van der Waals surface area contributed by atoms with E-state index in [0.717, 1.165) is 0 Å². The number of hydrogen-bond acceptors (Lipinski definition) is 6. The van der Waals surface area contributed by atoms with Crippen LogP contribution in [-0.2, 0) is 30.0 Å². The van der Waals surface area contributed by atoms with Crippen LogP contribution in [0.5, 0.6) is 0 Å². The summed E-state index contributed by atoms with van der Waals surface area (Å²) in [5.74, 6) is 0.397. The minimum atomic E-state index is -3.74. The quantitative estimate of drug-likeness (QED) is 0.708. The monoisotopic (exact) mass is 372 g/mol. The summed E-state index contributed by atoms with van der Waals surface area (Å²) in [7, 11) is -2.03. The first-order valence-corrected chi connectivity index (χ1v) is 9.40. The van der Waals surface area contributed by atoms with Crippen molar-refractivity contribution in [3.05, 3.63) is 58.7 Å². The van der Waals surface area contributed by atoms with Crippen molar-refractivity contribution >= 4 is 10.0 Å². The summed E-state index contributed by atoms with van der Waals surface area (Å²) in [6.07, 6.45) is 6.41. The molecule has 1 aliphatic rings. The lowest BCUT2D eigenvalue weighted by Gasteiger charge is -2.26. The van der Waals surface area contributed by atoms with Gasteiger partial charge in [-0.1, -0.05) is 0 Å². The van der Waals surface area contributed by atoms with Crippen molar-refractivity contribution in [3.8, 4) is 11.4 Å². The minimum Gasteiger partial charge on any atom is -0.339 e. The molecule has 0 spiro atoms. The van der Waals surface area contributed by atoms with Crippen molar-refractivity contribution < 1.29 is 8.42 Å². The Morgan fingerprint density at radius 1 is 1.23 bits per heavy atom. The lowest BCUT2D eigenvalue weighted by molar-refractivity contribution is 0.382. The molecule has 0 saturated heterocycles. The summed E-state index contributed by atoms with van der Waals surface area (Å²) in [5, 5.41) is -0.0114. The lowest BCUT2D eigenvalue weighted by atomic mass is 10.1. The Bertz CT molecular complexity index is 1120. The smallest absolute Gasteiger partial charge is 0.262 e. The van der Waals surface area contributed by atoms with Crippen LogP contribution in [0.3, 0.4) is 0 Å². The fourth-order valence-corrected chi connectivity index (χ4v) is 4.29. The lowest BCUT2D eigenvalue weighted by Crippen LogP contribution is -2.39. The van der Waals surface area contributed by atoms with E-state index < -0.39 is 10.0 Å². The number of nitrogens with zero attached hydrogens (tertiary/aromatic N) is 5. The Hall–Kier alpha value is -2.85. The number of sulfonamides is 1. The molecular formula is C16H16N6O3S. The van der Waals surface area contributed by atoms with Crippen LogP contribution < -0.4 is 5.56 Å². The van der Waals surface area contributed by atoms with Crippen molar-refractivity contribution in [1.29, 1.82) is 0 Å². The van der Waals surface area contributed by atoms with E-state index in [4.69, 9.17) is 0 Å². The highest BCUT2D eigenvalue weighted by molar-refractivity contribution is 7.89. The zero-order chi connectivity index (χ0) is 18.3. The normalized spacial score (nSPS) is 15.0. The maximum Gasteiger partial charge on any atom is 0.262 e. The molecule has 3 aromatic heterocycles. The first-order chi connectivity index (χ1) is 12.4. The van der Waals surface area contributed by atoms with Gasteiger partial charge in [-0.05, 0) is 18.6 Å². The first-order valence-electron chi connectivity index (χ1n) is 7.96. The van der Waals surface area contributed by atoms with E-state index in [1.807, 2.05) is 0 Å². The average molecular weight is 372 g/mol. The van der Waals surface area contributed by atoms with E-state index in [1.165, 1.54) is 16.8 Å². The number of nitrogens with one attached hydrogen (secondary N) is 1. The van der Waals surface area contributed by atoms with Gasteiger partial charge in [-0.25, -0.2) is 18.4 Å². The number of imidazole rings is 1. The number of fused-ring (bicyclic) bond motifs is 1. The zero-order valence-electron chi connectivity index (χ0n) is 14.0. The van der Waals surface area contributed by atoms with Crippen LogP contribution in [0.25, 0.3) is 11.4 Å². The number of pyridine rings is 1. The molecule has 0 unspecified atom stereocenters. The molecule has 1 N–H and O–H groups in total. The molecule has 4 rings (SSSR count). The van der Waals surface area contributed by atoms with E-state index in [-0.39, 0.29) is 23.7 Å².